The molecular formula is C14H19FN2O2. The highest BCUT2D eigenvalue weighted by atomic mass is 19.1. The molecule has 1 atom stereocenters. The molecule has 4 nitrogen and oxygen atoms in total. The second kappa shape index (κ2) is 6.52. The molecule has 0 aliphatic carbocycles. The number of amides is 1. The summed E-state index contributed by atoms with van der Waals surface area (Å²) in [6.07, 6.45) is 3.63. The van der Waals surface area contributed by atoms with Crippen LogP contribution in [0, 0.1) is 5.82 Å². The fourth-order valence-electron chi connectivity index (χ4n) is 2.27. The number of carbonyl (C=O) groups excluding carboxylic acids is 1. The van der Waals surface area contributed by atoms with Gasteiger partial charge in [0.15, 0.2) is 11.6 Å². The summed E-state index contributed by atoms with van der Waals surface area (Å²) >= 11 is 0. The van der Waals surface area contributed by atoms with Crippen molar-refractivity contribution in [2.45, 2.75) is 31.7 Å². The van der Waals surface area contributed by atoms with Crippen LogP contribution in [-0.4, -0.2) is 25.6 Å². The number of halogens is 1. The standard InChI is InChI=1S/C14H19FN2O2/c1-19-13-9-11(4-6-12(13)15)17-14(18)7-5-10-3-2-8-16-10/h4,6,9-10,16H,2-3,5,7-8H2,1H3,(H,17,18). The molecule has 5 heteroatoms. The zero-order valence-electron chi connectivity index (χ0n) is 11.0. The normalized spacial score (nSPS) is 18.3. The first-order valence-corrected chi connectivity index (χ1v) is 6.56. The summed E-state index contributed by atoms with van der Waals surface area (Å²) in [6, 6.07) is 4.76. The molecule has 0 bridgehead atoms. The highest BCUT2D eigenvalue weighted by Crippen LogP contribution is 2.21. The number of anilines is 1. The van der Waals surface area contributed by atoms with E-state index in [0.29, 0.717) is 18.2 Å². The summed E-state index contributed by atoms with van der Waals surface area (Å²) in [4.78, 5) is 11.8. The molecule has 1 fully saturated rings. The van der Waals surface area contributed by atoms with Gasteiger partial charge < -0.3 is 15.4 Å². The number of benzene rings is 1. The van der Waals surface area contributed by atoms with Crippen LogP contribution in [0.25, 0.3) is 0 Å². The molecule has 1 aliphatic rings. The number of methoxy groups -OCH3 is 1. The number of rotatable bonds is 5. The van der Waals surface area contributed by atoms with Gasteiger partial charge in [0.05, 0.1) is 7.11 Å². The lowest BCUT2D eigenvalue weighted by Crippen LogP contribution is -2.23. The van der Waals surface area contributed by atoms with Crippen molar-refractivity contribution in [2.24, 2.45) is 0 Å². The van der Waals surface area contributed by atoms with Gasteiger partial charge in [-0.05, 0) is 37.9 Å². The maximum Gasteiger partial charge on any atom is 0.224 e. The maximum atomic E-state index is 13.2. The third-order valence-corrected chi connectivity index (χ3v) is 3.32. The van der Waals surface area contributed by atoms with E-state index in [4.69, 9.17) is 4.74 Å². The van der Waals surface area contributed by atoms with Crippen molar-refractivity contribution in [3.8, 4) is 5.75 Å². The second-order valence-corrected chi connectivity index (χ2v) is 4.73. The van der Waals surface area contributed by atoms with E-state index >= 15 is 0 Å². The molecule has 1 unspecified atom stereocenters. The molecule has 0 aromatic heterocycles. The Kier molecular flexibility index (Phi) is 4.74. The van der Waals surface area contributed by atoms with Crippen LogP contribution in [0.5, 0.6) is 5.75 Å². The fraction of sp³-hybridized carbons (Fsp3) is 0.500. The molecule has 2 rings (SSSR count). The summed E-state index contributed by atoms with van der Waals surface area (Å²) in [5.74, 6) is -0.353. The molecule has 1 heterocycles. The number of ether oxygens (including phenoxy) is 1. The van der Waals surface area contributed by atoms with E-state index in [1.165, 1.54) is 31.7 Å². The van der Waals surface area contributed by atoms with Crippen LogP contribution in [0.1, 0.15) is 25.7 Å². The minimum absolute atomic E-state index is 0.0534. The number of nitrogens with one attached hydrogen (secondary N) is 2. The summed E-state index contributed by atoms with van der Waals surface area (Å²) in [6.45, 7) is 1.04. The van der Waals surface area contributed by atoms with Gasteiger partial charge in [-0.25, -0.2) is 4.39 Å². The Labute approximate surface area is 112 Å². The smallest absolute Gasteiger partial charge is 0.224 e. The molecule has 104 valence electrons. The SMILES string of the molecule is COc1cc(NC(=O)CCC2CCCN2)ccc1F. The van der Waals surface area contributed by atoms with Crippen molar-refractivity contribution in [2.75, 3.05) is 19.0 Å². The Morgan fingerprint density at radius 3 is 3.11 bits per heavy atom. The fourth-order valence-corrected chi connectivity index (χ4v) is 2.27. The minimum atomic E-state index is -0.435. The van der Waals surface area contributed by atoms with E-state index in [1.807, 2.05) is 0 Å². The van der Waals surface area contributed by atoms with E-state index in [9.17, 15) is 9.18 Å². The Hall–Kier alpha value is -1.62. The van der Waals surface area contributed by atoms with Crippen LogP contribution >= 0.6 is 0 Å². The Morgan fingerprint density at radius 2 is 2.42 bits per heavy atom. The van der Waals surface area contributed by atoms with Crippen LogP contribution < -0.4 is 15.4 Å². The van der Waals surface area contributed by atoms with E-state index in [2.05, 4.69) is 10.6 Å². The van der Waals surface area contributed by atoms with Gasteiger partial charge in [-0.2, -0.15) is 0 Å². The number of hydrogen-bond donors (Lipinski definition) is 2. The monoisotopic (exact) mass is 266 g/mol. The summed E-state index contributed by atoms with van der Waals surface area (Å²) in [5, 5.41) is 6.11. The Bertz CT molecular complexity index is 445. The van der Waals surface area contributed by atoms with Crippen LogP contribution in [-0.2, 0) is 4.79 Å². The van der Waals surface area contributed by atoms with E-state index < -0.39 is 5.82 Å². The largest absolute Gasteiger partial charge is 0.494 e. The van der Waals surface area contributed by atoms with Gasteiger partial charge in [0, 0.05) is 24.2 Å². The molecule has 0 spiro atoms. The quantitative estimate of drug-likeness (QED) is 0.860. The van der Waals surface area contributed by atoms with Gasteiger partial charge in [-0.15, -0.1) is 0 Å². The first-order chi connectivity index (χ1) is 9.19. The van der Waals surface area contributed by atoms with E-state index in [-0.39, 0.29) is 11.7 Å². The molecule has 1 saturated heterocycles. The van der Waals surface area contributed by atoms with Gasteiger partial charge in [0.25, 0.3) is 0 Å². The van der Waals surface area contributed by atoms with Crippen molar-refractivity contribution >= 4 is 11.6 Å². The van der Waals surface area contributed by atoms with Crippen LogP contribution in [0.4, 0.5) is 10.1 Å². The third kappa shape index (κ3) is 3.92. The lowest BCUT2D eigenvalue weighted by atomic mass is 10.1. The van der Waals surface area contributed by atoms with Crippen molar-refractivity contribution in [1.82, 2.24) is 5.32 Å². The molecule has 1 aromatic rings. The zero-order valence-corrected chi connectivity index (χ0v) is 11.0. The molecular weight excluding hydrogens is 247 g/mol. The second-order valence-electron chi connectivity index (χ2n) is 4.73. The summed E-state index contributed by atoms with van der Waals surface area (Å²) in [5.41, 5.74) is 0.558. The molecule has 0 saturated carbocycles. The third-order valence-electron chi connectivity index (χ3n) is 3.32. The molecule has 1 amide bonds. The van der Waals surface area contributed by atoms with Crippen LogP contribution in [0.2, 0.25) is 0 Å². The highest BCUT2D eigenvalue weighted by Gasteiger charge is 2.15. The van der Waals surface area contributed by atoms with Crippen molar-refractivity contribution in [3.05, 3.63) is 24.0 Å². The molecule has 19 heavy (non-hydrogen) atoms. The molecule has 1 aromatic carbocycles. The molecule has 0 radical (unpaired) electrons. The predicted octanol–water partition coefficient (Wildman–Crippen LogP) is 2.31. The number of carbonyl (C=O) groups is 1. The highest BCUT2D eigenvalue weighted by molar-refractivity contribution is 5.90. The van der Waals surface area contributed by atoms with Crippen molar-refractivity contribution in [3.63, 3.8) is 0 Å². The van der Waals surface area contributed by atoms with Crippen LogP contribution in [0.15, 0.2) is 18.2 Å². The van der Waals surface area contributed by atoms with Gasteiger partial charge in [0.2, 0.25) is 5.91 Å². The minimum Gasteiger partial charge on any atom is -0.494 e. The molecule has 1 aliphatic heterocycles. The average molecular weight is 266 g/mol. The Morgan fingerprint density at radius 1 is 1.58 bits per heavy atom. The summed E-state index contributed by atoms with van der Waals surface area (Å²) < 4.78 is 18.1. The Balaban J connectivity index is 1.84. The number of hydrogen-bond acceptors (Lipinski definition) is 3. The topological polar surface area (TPSA) is 50.4 Å². The van der Waals surface area contributed by atoms with Crippen LogP contribution in [0.3, 0.4) is 0 Å². The van der Waals surface area contributed by atoms with Gasteiger partial charge in [-0.1, -0.05) is 0 Å². The lowest BCUT2D eigenvalue weighted by molar-refractivity contribution is -0.116. The maximum absolute atomic E-state index is 13.2. The first-order valence-electron chi connectivity index (χ1n) is 6.56. The van der Waals surface area contributed by atoms with Gasteiger partial charge in [-0.3, -0.25) is 4.79 Å². The van der Waals surface area contributed by atoms with Gasteiger partial charge >= 0.3 is 0 Å². The van der Waals surface area contributed by atoms with Crippen molar-refractivity contribution in [1.29, 1.82) is 0 Å². The first kappa shape index (κ1) is 13.8. The molecule has 2 N–H and O–H groups in total. The zero-order chi connectivity index (χ0) is 13.7. The van der Waals surface area contributed by atoms with E-state index in [1.54, 1.807) is 0 Å². The predicted molar refractivity (Wildman–Crippen MR) is 71.8 cm³/mol. The van der Waals surface area contributed by atoms with Gasteiger partial charge in [0.1, 0.15) is 0 Å². The summed E-state index contributed by atoms with van der Waals surface area (Å²) in [7, 11) is 1.40. The average Bonchev–Trinajstić information content (AvgIpc) is 2.92. The lowest BCUT2D eigenvalue weighted by Gasteiger charge is -2.10. The van der Waals surface area contributed by atoms with E-state index in [0.717, 1.165) is 19.4 Å². The van der Waals surface area contributed by atoms with Crippen molar-refractivity contribution < 1.29 is 13.9 Å².